The summed E-state index contributed by atoms with van der Waals surface area (Å²) < 4.78 is 5.38. The Bertz CT molecular complexity index is 967. The third-order valence-corrected chi connectivity index (χ3v) is 6.92. The van der Waals surface area contributed by atoms with Gasteiger partial charge in [-0.1, -0.05) is 18.6 Å². The lowest BCUT2D eigenvalue weighted by molar-refractivity contribution is -0.130. The number of hydrogen-bond donors (Lipinski definition) is 0. The minimum absolute atomic E-state index is 0.0819. The second kappa shape index (κ2) is 11.0. The average Bonchev–Trinajstić information content (AvgIpc) is 3.36. The molecule has 0 atom stereocenters. The third-order valence-electron chi connectivity index (χ3n) is 6.04. The standard InChI is InChI=1S/C24H30N4O4S/c1-26(15-18-17-33-21(25-18)16-27-11-13-32-14-12-27)22(29)9-3-2-6-10-28-23(30)19-7-4-5-8-20(19)24(28)31/h4-5,7-8,17H,2-3,6,9-16H2,1H3. The first-order valence-electron chi connectivity index (χ1n) is 11.5. The molecule has 0 aliphatic carbocycles. The number of benzene rings is 1. The molecule has 0 saturated carbocycles. The maximum atomic E-state index is 12.5. The third kappa shape index (κ3) is 5.85. The average molecular weight is 471 g/mol. The first kappa shape index (κ1) is 23.5. The van der Waals surface area contributed by atoms with E-state index in [0.29, 0.717) is 37.1 Å². The Balaban J connectivity index is 1.14. The number of thiazole rings is 1. The predicted octanol–water partition coefficient (Wildman–Crippen LogP) is 2.79. The van der Waals surface area contributed by atoms with Crippen molar-refractivity contribution in [2.75, 3.05) is 39.9 Å². The second-order valence-corrected chi connectivity index (χ2v) is 9.43. The van der Waals surface area contributed by atoms with Crippen molar-refractivity contribution in [3.05, 3.63) is 51.5 Å². The maximum Gasteiger partial charge on any atom is 0.261 e. The minimum Gasteiger partial charge on any atom is -0.379 e. The Morgan fingerprint density at radius 3 is 2.48 bits per heavy atom. The molecule has 1 fully saturated rings. The molecule has 0 unspecified atom stereocenters. The molecule has 1 aromatic carbocycles. The number of fused-ring (bicyclic) bond motifs is 1. The highest BCUT2D eigenvalue weighted by molar-refractivity contribution is 7.09. The lowest BCUT2D eigenvalue weighted by Gasteiger charge is -2.25. The molecule has 0 bridgehead atoms. The number of ether oxygens (including phenoxy) is 1. The molecule has 0 N–H and O–H groups in total. The summed E-state index contributed by atoms with van der Waals surface area (Å²) in [4.78, 5) is 47.3. The Morgan fingerprint density at radius 1 is 1.09 bits per heavy atom. The molecule has 3 amide bonds. The van der Waals surface area contributed by atoms with Crippen molar-refractivity contribution in [3.63, 3.8) is 0 Å². The first-order chi connectivity index (χ1) is 16.0. The molecule has 3 heterocycles. The SMILES string of the molecule is CN(Cc1csc(CN2CCOCC2)n1)C(=O)CCCCCN1C(=O)c2ccccc2C1=O. The van der Waals surface area contributed by atoms with E-state index < -0.39 is 0 Å². The van der Waals surface area contributed by atoms with Gasteiger partial charge in [-0.2, -0.15) is 0 Å². The normalized spacial score (nSPS) is 16.3. The summed E-state index contributed by atoms with van der Waals surface area (Å²) >= 11 is 1.64. The fourth-order valence-electron chi connectivity index (χ4n) is 4.13. The summed E-state index contributed by atoms with van der Waals surface area (Å²) in [6.07, 6.45) is 2.65. The van der Waals surface area contributed by atoms with Gasteiger partial charge >= 0.3 is 0 Å². The Labute approximate surface area is 198 Å². The van der Waals surface area contributed by atoms with Crippen LogP contribution in [0, 0.1) is 0 Å². The molecule has 0 radical (unpaired) electrons. The highest BCUT2D eigenvalue weighted by atomic mass is 32.1. The van der Waals surface area contributed by atoms with Gasteiger partial charge in [-0.05, 0) is 25.0 Å². The molecule has 176 valence electrons. The number of carbonyl (C=O) groups excluding carboxylic acids is 3. The van der Waals surface area contributed by atoms with Crippen molar-refractivity contribution in [1.82, 2.24) is 19.7 Å². The Hall–Kier alpha value is -2.62. The van der Waals surface area contributed by atoms with Crippen molar-refractivity contribution in [2.45, 2.75) is 38.8 Å². The minimum atomic E-state index is -0.220. The summed E-state index contributed by atoms with van der Waals surface area (Å²) in [5, 5.41) is 3.10. The van der Waals surface area contributed by atoms with Gasteiger partial charge in [-0.25, -0.2) is 4.98 Å². The van der Waals surface area contributed by atoms with E-state index in [0.717, 1.165) is 56.4 Å². The lowest BCUT2D eigenvalue weighted by atomic mass is 10.1. The van der Waals surface area contributed by atoms with Gasteiger partial charge in [0.05, 0.1) is 43.1 Å². The van der Waals surface area contributed by atoms with Gasteiger partial charge in [0.15, 0.2) is 0 Å². The molecule has 9 heteroatoms. The summed E-state index contributed by atoms with van der Waals surface area (Å²) in [5.74, 6) is -0.358. The molecule has 1 aromatic heterocycles. The largest absolute Gasteiger partial charge is 0.379 e. The zero-order chi connectivity index (χ0) is 23.2. The van der Waals surface area contributed by atoms with Crippen molar-refractivity contribution >= 4 is 29.1 Å². The summed E-state index contributed by atoms with van der Waals surface area (Å²) in [7, 11) is 1.81. The topological polar surface area (TPSA) is 83.1 Å². The Kier molecular flexibility index (Phi) is 7.85. The molecule has 2 aliphatic heterocycles. The summed E-state index contributed by atoms with van der Waals surface area (Å²) in [6.45, 7) is 5.13. The molecule has 1 saturated heterocycles. The van der Waals surface area contributed by atoms with Crippen molar-refractivity contribution in [2.24, 2.45) is 0 Å². The molecule has 2 aliphatic rings. The Morgan fingerprint density at radius 2 is 1.79 bits per heavy atom. The van der Waals surface area contributed by atoms with Crippen LogP contribution in [0.4, 0.5) is 0 Å². The number of carbonyl (C=O) groups is 3. The van der Waals surface area contributed by atoms with Gasteiger partial charge in [0, 0.05) is 38.5 Å². The van der Waals surface area contributed by atoms with E-state index in [1.165, 1.54) is 4.90 Å². The number of unbranched alkanes of at least 4 members (excludes halogenated alkanes) is 2. The van der Waals surface area contributed by atoms with Crippen molar-refractivity contribution < 1.29 is 19.1 Å². The fourth-order valence-corrected chi connectivity index (χ4v) is 4.96. The van der Waals surface area contributed by atoms with Crippen LogP contribution in [-0.4, -0.2) is 77.3 Å². The predicted molar refractivity (Wildman–Crippen MR) is 125 cm³/mol. The van der Waals surface area contributed by atoms with Crippen molar-refractivity contribution in [3.8, 4) is 0 Å². The van der Waals surface area contributed by atoms with Crippen LogP contribution in [0.2, 0.25) is 0 Å². The molecule has 2 aromatic rings. The molecular weight excluding hydrogens is 440 g/mol. The van der Waals surface area contributed by atoms with E-state index in [1.54, 1.807) is 40.5 Å². The van der Waals surface area contributed by atoms with Gasteiger partial charge in [0.25, 0.3) is 11.8 Å². The van der Waals surface area contributed by atoms with Gasteiger partial charge in [0.2, 0.25) is 5.91 Å². The monoisotopic (exact) mass is 470 g/mol. The van der Waals surface area contributed by atoms with E-state index in [4.69, 9.17) is 4.74 Å². The number of rotatable bonds is 10. The second-order valence-electron chi connectivity index (χ2n) is 8.49. The summed E-state index contributed by atoms with van der Waals surface area (Å²) in [5.41, 5.74) is 1.88. The van der Waals surface area contributed by atoms with Crippen LogP contribution >= 0.6 is 11.3 Å². The van der Waals surface area contributed by atoms with E-state index in [1.807, 2.05) is 12.4 Å². The zero-order valence-corrected chi connectivity index (χ0v) is 19.8. The van der Waals surface area contributed by atoms with Crippen LogP contribution in [0.25, 0.3) is 0 Å². The molecule has 0 spiro atoms. The number of amides is 3. The van der Waals surface area contributed by atoms with Gasteiger partial charge in [-0.3, -0.25) is 24.2 Å². The van der Waals surface area contributed by atoms with E-state index in [9.17, 15) is 14.4 Å². The van der Waals surface area contributed by atoms with Crippen LogP contribution in [0.3, 0.4) is 0 Å². The summed E-state index contributed by atoms with van der Waals surface area (Å²) in [6, 6.07) is 6.92. The molecule has 33 heavy (non-hydrogen) atoms. The number of imide groups is 1. The smallest absolute Gasteiger partial charge is 0.261 e. The number of aromatic nitrogens is 1. The van der Waals surface area contributed by atoms with E-state index in [-0.39, 0.29) is 17.7 Å². The molecule has 4 rings (SSSR count). The zero-order valence-electron chi connectivity index (χ0n) is 19.0. The van der Waals surface area contributed by atoms with Crippen LogP contribution in [0.15, 0.2) is 29.6 Å². The fraction of sp³-hybridized carbons (Fsp3) is 0.500. The lowest BCUT2D eigenvalue weighted by Crippen LogP contribution is -2.35. The van der Waals surface area contributed by atoms with Crippen LogP contribution in [0.1, 0.15) is 57.1 Å². The quantitative estimate of drug-likeness (QED) is 0.392. The van der Waals surface area contributed by atoms with Crippen LogP contribution < -0.4 is 0 Å². The number of hydrogen-bond acceptors (Lipinski definition) is 7. The number of nitrogens with zero attached hydrogens (tertiary/aromatic N) is 4. The van der Waals surface area contributed by atoms with Crippen molar-refractivity contribution in [1.29, 1.82) is 0 Å². The highest BCUT2D eigenvalue weighted by Gasteiger charge is 2.34. The van der Waals surface area contributed by atoms with E-state index >= 15 is 0 Å². The van der Waals surface area contributed by atoms with Crippen LogP contribution in [-0.2, 0) is 22.6 Å². The molecule has 8 nitrogen and oxygen atoms in total. The highest BCUT2D eigenvalue weighted by Crippen LogP contribution is 2.23. The molecular formula is C24H30N4O4S. The van der Waals surface area contributed by atoms with Gasteiger partial charge in [-0.15, -0.1) is 11.3 Å². The van der Waals surface area contributed by atoms with Gasteiger partial charge in [0.1, 0.15) is 5.01 Å². The van der Waals surface area contributed by atoms with Gasteiger partial charge < -0.3 is 9.64 Å². The van der Waals surface area contributed by atoms with Crippen LogP contribution in [0.5, 0.6) is 0 Å². The number of morpholine rings is 1. The maximum absolute atomic E-state index is 12.5. The first-order valence-corrected chi connectivity index (χ1v) is 12.3. The van der Waals surface area contributed by atoms with E-state index in [2.05, 4.69) is 9.88 Å².